The SMILES string of the molecule is C=C(C)C(=O)COc1ccc(C#Cc2ccc(-c3ccc(OCOC(=O)C(=C)C)cc3)cc2)cc1. The lowest BCUT2D eigenvalue weighted by Crippen LogP contribution is -2.11. The van der Waals surface area contributed by atoms with Gasteiger partial charge in [-0.2, -0.15) is 0 Å². The molecule has 3 aromatic rings. The predicted octanol–water partition coefficient (Wildman–Crippen LogP) is 5.73. The van der Waals surface area contributed by atoms with Crippen LogP contribution in [0.4, 0.5) is 0 Å². The molecule has 0 aliphatic carbocycles. The first kappa shape index (κ1) is 25.1. The molecular formula is C30H26O5. The highest BCUT2D eigenvalue weighted by Gasteiger charge is 2.05. The van der Waals surface area contributed by atoms with E-state index in [9.17, 15) is 9.59 Å². The van der Waals surface area contributed by atoms with E-state index < -0.39 is 5.97 Å². The van der Waals surface area contributed by atoms with E-state index in [1.807, 2.05) is 60.7 Å². The minimum absolute atomic E-state index is 0.0205. The molecule has 0 spiro atoms. The van der Waals surface area contributed by atoms with Gasteiger partial charge in [-0.1, -0.05) is 49.3 Å². The molecule has 0 aliphatic heterocycles. The van der Waals surface area contributed by atoms with Crippen LogP contribution in [0.3, 0.4) is 0 Å². The highest BCUT2D eigenvalue weighted by Crippen LogP contribution is 2.23. The Morgan fingerprint density at radius 3 is 1.66 bits per heavy atom. The normalized spacial score (nSPS) is 9.89. The lowest BCUT2D eigenvalue weighted by molar-refractivity contribution is -0.145. The molecule has 0 aliphatic rings. The maximum absolute atomic E-state index is 11.6. The maximum Gasteiger partial charge on any atom is 0.335 e. The van der Waals surface area contributed by atoms with Crippen molar-refractivity contribution in [1.82, 2.24) is 0 Å². The van der Waals surface area contributed by atoms with Gasteiger partial charge in [0.25, 0.3) is 0 Å². The fourth-order valence-electron chi connectivity index (χ4n) is 2.81. The van der Waals surface area contributed by atoms with E-state index in [4.69, 9.17) is 14.2 Å². The number of hydrogen-bond acceptors (Lipinski definition) is 5. The van der Waals surface area contributed by atoms with Crippen molar-refractivity contribution in [1.29, 1.82) is 0 Å². The Kier molecular flexibility index (Phi) is 8.64. The van der Waals surface area contributed by atoms with Crippen LogP contribution >= 0.6 is 0 Å². The molecule has 0 radical (unpaired) electrons. The molecule has 0 heterocycles. The van der Waals surface area contributed by atoms with E-state index in [1.165, 1.54) is 0 Å². The number of carbonyl (C=O) groups is 2. The van der Waals surface area contributed by atoms with Gasteiger partial charge in [0.15, 0.2) is 12.4 Å². The number of carbonyl (C=O) groups excluding carboxylic acids is 2. The molecule has 3 aromatic carbocycles. The first-order chi connectivity index (χ1) is 16.8. The minimum Gasteiger partial charge on any atom is -0.485 e. The third kappa shape index (κ3) is 7.76. The van der Waals surface area contributed by atoms with Crippen LogP contribution in [-0.4, -0.2) is 25.2 Å². The van der Waals surface area contributed by atoms with Crippen LogP contribution in [0.15, 0.2) is 97.1 Å². The van der Waals surface area contributed by atoms with Gasteiger partial charge in [0.2, 0.25) is 6.79 Å². The Balaban J connectivity index is 1.55. The third-order valence-electron chi connectivity index (χ3n) is 4.89. The first-order valence-corrected chi connectivity index (χ1v) is 10.9. The monoisotopic (exact) mass is 466 g/mol. The summed E-state index contributed by atoms with van der Waals surface area (Å²) in [7, 11) is 0. The molecule has 0 aromatic heterocycles. The summed E-state index contributed by atoms with van der Waals surface area (Å²) in [5, 5.41) is 0. The Morgan fingerprint density at radius 2 is 1.14 bits per heavy atom. The summed E-state index contributed by atoms with van der Waals surface area (Å²) in [4.78, 5) is 23.0. The second kappa shape index (κ2) is 12.1. The van der Waals surface area contributed by atoms with Crippen LogP contribution in [0.5, 0.6) is 11.5 Å². The van der Waals surface area contributed by atoms with Gasteiger partial charge in [-0.25, -0.2) is 4.79 Å². The van der Waals surface area contributed by atoms with Crippen molar-refractivity contribution in [2.75, 3.05) is 13.4 Å². The molecular weight excluding hydrogens is 440 g/mol. The highest BCUT2D eigenvalue weighted by molar-refractivity contribution is 5.95. The lowest BCUT2D eigenvalue weighted by atomic mass is 10.0. The second-order valence-corrected chi connectivity index (χ2v) is 7.84. The minimum atomic E-state index is -0.483. The molecule has 3 rings (SSSR count). The molecule has 0 fully saturated rings. The van der Waals surface area contributed by atoms with Gasteiger partial charge in [-0.15, -0.1) is 0 Å². The highest BCUT2D eigenvalue weighted by atomic mass is 16.7. The average molecular weight is 467 g/mol. The van der Waals surface area contributed by atoms with Crippen molar-refractivity contribution < 1.29 is 23.8 Å². The first-order valence-electron chi connectivity index (χ1n) is 10.9. The number of rotatable bonds is 9. The fraction of sp³-hybridized carbons (Fsp3) is 0.133. The molecule has 0 amide bonds. The second-order valence-electron chi connectivity index (χ2n) is 7.84. The zero-order valence-corrected chi connectivity index (χ0v) is 19.8. The van der Waals surface area contributed by atoms with Gasteiger partial charge in [0.1, 0.15) is 11.5 Å². The van der Waals surface area contributed by atoms with E-state index >= 15 is 0 Å². The zero-order valence-electron chi connectivity index (χ0n) is 19.8. The van der Waals surface area contributed by atoms with Crippen molar-refractivity contribution in [3.05, 3.63) is 108 Å². The van der Waals surface area contributed by atoms with Crippen molar-refractivity contribution in [3.8, 4) is 34.5 Å². The van der Waals surface area contributed by atoms with E-state index in [-0.39, 0.29) is 19.2 Å². The smallest absolute Gasteiger partial charge is 0.335 e. The molecule has 5 heteroatoms. The third-order valence-corrected chi connectivity index (χ3v) is 4.89. The molecule has 0 N–H and O–H groups in total. The molecule has 0 saturated heterocycles. The van der Waals surface area contributed by atoms with Crippen molar-refractivity contribution in [2.45, 2.75) is 13.8 Å². The van der Waals surface area contributed by atoms with Crippen LogP contribution in [0, 0.1) is 11.8 Å². The summed E-state index contributed by atoms with van der Waals surface area (Å²) in [5.74, 6) is 6.88. The van der Waals surface area contributed by atoms with Gasteiger partial charge < -0.3 is 14.2 Å². The molecule has 35 heavy (non-hydrogen) atoms. The van der Waals surface area contributed by atoms with Crippen LogP contribution in [0.25, 0.3) is 11.1 Å². The van der Waals surface area contributed by atoms with Crippen LogP contribution < -0.4 is 9.47 Å². The summed E-state index contributed by atoms with van der Waals surface area (Å²) in [5.41, 5.74) is 4.60. The number of esters is 1. The summed E-state index contributed by atoms with van der Waals surface area (Å²) >= 11 is 0. The largest absolute Gasteiger partial charge is 0.485 e. The van der Waals surface area contributed by atoms with Gasteiger partial charge in [-0.05, 0) is 79.1 Å². The number of Topliss-reactive ketones (excluding diaryl/α,β-unsaturated/α-hetero) is 1. The topological polar surface area (TPSA) is 61.8 Å². The van der Waals surface area contributed by atoms with Crippen molar-refractivity contribution in [2.24, 2.45) is 0 Å². The Morgan fingerprint density at radius 1 is 0.686 bits per heavy atom. The molecule has 0 unspecified atom stereocenters. The standard InChI is InChI=1S/C30H26O5/c1-21(2)29(31)19-33-27-15-9-24(10-16-27)6-5-23-7-11-25(12-8-23)26-13-17-28(18-14-26)34-20-35-30(32)22(3)4/h7-18H,1,3,19-20H2,2,4H3. The Bertz CT molecular complexity index is 1270. The summed E-state index contributed by atoms with van der Waals surface area (Å²) in [6.07, 6.45) is 0. The molecule has 5 nitrogen and oxygen atoms in total. The van der Waals surface area contributed by atoms with Crippen LogP contribution in [-0.2, 0) is 14.3 Å². The number of ether oxygens (including phenoxy) is 3. The number of benzene rings is 3. The quantitative estimate of drug-likeness (QED) is 0.174. The summed E-state index contributed by atoms with van der Waals surface area (Å²) < 4.78 is 15.8. The molecule has 0 atom stereocenters. The van der Waals surface area contributed by atoms with E-state index in [1.54, 1.807) is 26.0 Å². The predicted molar refractivity (Wildman–Crippen MR) is 136 cm³/mol. The maximum atomic E-state index is 11.6. The number of ketones is 1. The van der Waals surface area contributed by atoms with E-state index in [0.29, 0.717) is 22.6 Å². The van der Waals surface area contributed by atoms with E-state index in [0.717, 1.165) is 22.3 Å². The Hall–Kier alpha value is -4.56. The van der Waals surface area contributed by atoms with Gasteiger partial charge in [0, 0.05) is 16.7 Å². The Labute approximate surface area is 205 Å². The van der Waals surface area contributed by atoms with E-state index in [2.05, 4.69) is 25.0 Å². The molecule has 176 valence electrons. The van der Waals surface area contributed by atoms with Gasteiger partial charge >= 0.3 is 5.97 Å². The number of hydrogen-bond donors (Lipinski definition) is 0. The van der Waals surface area contributed by atoms with Gasteiger partial charge in [0.05, 0.1) is 0 Å². The fourth-order valence-corrected chi connectivity index (χ4v) is 2.81. The van der Waals surface area contributed by atoms with Gasteiger partial charge in [-0.3, -0.25) is 4.79 Å². The zero-order chi connectivity index (χ0) is 25.2. The lowest BCUT2D eigenvalue weighted by Gasteiger charge is -2.08. The van der Waals surface area contributed by atoms with Crippen molar-refractivity contribution in [3.63, 3.8) is 0 Å². The van der Waals surface area contributed by atoms with Crippen molar-refractivity contribution >= 4 is 11.8 Å². The van der Waals surface area contributed by atoms with Crippen LogP contribution in [0.2, 0.25) is 0 Å². The molecule has 0 saturated carbocycles. The summed E-state index contributed by atoms with van der Waals surface area (Å²) in [6.45, 7) is 10.2. The van der Waals surface area contributed by atoms with Crippen LogP contribution in [0.1, 0.15) is 25.0 Å². The molecule has 0 bridgehead atoms. The summed E-state index contributed by atoms with van der Waals surface area (Å²) in [6, 6.07) is 22.7. The average Bonchev–Trinajstić information content (AvgIpc) is 2.87.